The number of ether oxygens (including phenoxy) is 1. The predicted octanol–water partition coefficient (Wildman–Crippen LogP) is 3.37. The topological polar surface area (TPSA) is 96.3 Å². The van der Waals surface area contributed by atoms with Gasteiger partial charge in [0.2, 0.25) is 0 Å². The molecule has 0 radical (unpaired) electrons. The van der Waals surface area contributed by atoms with E-state index in [1.54, 1.807) is 36.4 Å². The van der Waals surface area contributed by atoms with Gasteiger partial charge < -0.3 is 4.74 Å². The average Bonchev–Trinajstić information content (AvgIpc) is 2.70. The largest absolute Gasteiger partial charge is 0.452 e. The summed E-state index contributed by atoms with van der Waals surface area (Å²) in [5.74, 6) is -1.99. The van der Waals surface area contributed by atoms with Crippen LogP contribution in [0.3, 0.4) is 0 Å². The number of nitriles is 1. The van der Waals surface area contributed by atoms with Gasteiger partial charge in [-0.05, 0) is 46.9 Å². The van der Waals surface area contributed by atoms with Crippen LogP contribution in [0.2, 0.25) is 0 Å². The fraction of sp³-hybridized carbons (Fsp3) is 0.217. The maximum atomic E-state index is 12.1. The molecule has 2 aromatic carbocycles. The lowest BCUT2D eigenvalue weighted by Gasteiger charge is -2.18. The van der Waals surface area contributed by atoms with Crippen LogP contribution in [0.4, 0.5) is 0 Å². The van der Waals surface area contributed by atoms with Crippen molar-refractivity contribution >= 4 is 23.9 Å². The van der Waals surface area contributed by atoms with Crippen molar-refractivity contribution in [2.75, 3.05) is 6.61 Å². The normalized spacial score (nSPS) is 11.0. The van der Waals surface area contributed by atoms with E-state index < -0.39 is 24.4 Å². The van der Waals surface area contributed by atoms with E-state index in [0.29, 0.717) is 16.7 Å². The molecule has 0 fully saturated rings. The third-order valence-electron chi connectivity index (χ3n) is 4.06. The number of imide groups is 1. The van der Waals surface area contributed by atoms with Crippen LogP contribution in [0, 0.1) is 11.3 Å². The van der Waals surface area contributed by atoms with Crippen molar-refractivity contribution < 1.29 is 19.1 Å². The summed E-state index contributed by atoms with van der Waals surface area (Å²) < 4.78 is 4.83. The zero-order valence-electron chi connectivity index (χ0n) is 16.6. The van der Waals surface area contributed by atoms with Crippen LogP contribution in [-0.2, 0) is 19.7 Å². The molecule has 2 aromatic rings. The van der Waals surface area contributed by atoms with Crippen molar-refractivity contribution in [3.05, 3.63) is 76.9 Å². The van der Waals surface area contributed by atoms with Gasteiger partial charge in [-0.3, -0.25) is 14.9 Å². The summed E-state index contributed by atoms with van der Waals surface area (Å²) in [7, 11) is 0. The first-order chi connectivity index (χ1) is 13.7. The standard InChI is InChI=1S/C23H22N2O4/c1-23(2,3)19-11-9-18(10-12-19)22(28)25-20(26)15-29-21(27)13-8-16-4-6-17(14-24)7-5-16/h4-13H,15H2,1-3H3,(H,25,26,28)/b13-8+. The third-order valence-corrected chi connectivity index (χ3v) is 4.06. The minimum Gasteiger partial charge on any atom is -0.452 e. The Morgan fingerprint density at radius 3 is 2.21 bits per heavy atom. The number of rotatable bonds is 5. The maximum Gasteiger partial charge on any atom is 0.331 e. The summed E-state index contributed by atoms with van der Waals surface area (Å²) in [6.07, 6.45) is 2.67. The summed E-state index contributed by atoms with van der Waals surface area (Å²) in [5.41, 5.74) is 2.60. The number of carbonyl (C=O) groups is 3. The monoisotopic (exact) mass is 390 g/mol. The second kappa shape index (κ2) is 9.47. The predicted molar refractivity (Wildman–Crippen MR) is 109 cm³/mol. The summed E-state index contributed by atoms with van der Waals surface area (Å²) in [4.78, 5) is 35.7. The van der Waals surface area contributed by atoms with Crippen molar-refractivity contribution in [3.63, 3.8) is 0 Å². The lowest BCUT2D eigenvalue weighted by molar-refractivity contribution is -0.143. The number of esters is 1. The Bertz CT molecular complexity index is 960. The van der Waals surface area contributed by atoms with Crippen LogP contribution < -0.4 is 5.32 Å². The van der Waals surface area contributed by atoms with E-state index in [9.17, 15) is 14.4 Å². The number of hydrogen-bond acceptors (Lipinski definition) is 5. The number of nitrogens with one attached hydrogen (secondary N) is 1. The Morgan fingerprint density at radius 2 is 1.66 bits per heavy atom. The van der Waals surface area contributed by atoms with Gasteiger partial charge in [0.1, 0.15) is 0 Å². The molecule has 0 saturated heterocycles. The Labute approximate surface area is 169 Å². The lowest BCUT2D eigenvalue weighted by Crippen LogP contribution is -2.34. The Kier molecular flexibility index (Phi) is 7.05. The van der Waals surface area contributed by atoms with Crippen molar-refractivity contribution in [3.8, 4) is 6.07 Å². The van der Waals surface area contributed by atoms with Gasteiger partial charge in [0.05, 0.1) is 11.6 Å². The van der Waals surface area contributed by atoms with Gasteiger partial charge in [0, 0.05) is 11.6 Å². The minimum absolute atomic E-state index is 0.0374. The zero-order chi connectivity index (χ0) is 21.4. The molecule has 0 bridgehead atoms. The molecule has 0 unspecified atom stereocenters. The Balaban J connectivity index is 1.82. The Morgan fingerprint density at radius 1 is 1.03 bits per heavy atom. The Hall–Kier alpha value is -3.72. The molecular weight excluding hydrogens is 368 g/mol. The molecule has 0 atom stereocenters. The first kappa shape index (κ1) is 21.6. The molecule has 6 nitrogen and oxygen atoms in total. The van der Waals surface area contributed by atoms with Crippen molar-refractivity contribution in [2.24, 2.45) is 0 Å². The first-order valence-electron chi connectivity index (χ1n) is 8.99. The molecule has 0 saturated carbocycles. The SMILES string of the molecule is CC(C)(C)c1ccc(C(=O)NC(=O)COC(=O)/C=C/c2ccc(C#N)cc2)cc1. The highest BCUT2D eigenvalue weighted by Gasteiger charge is 2.15. The fourth-order valence-corrected chi connectivity index (χ4v) is 2.37. The number of benzene rings is 2. The van der Waals surface area contributed by atoms with Crippen LogP contribution in [0.15, 0.2) is 54.6 Å². The molecule has 6 heteroatoms. The average molecular weight is 390 g/mol. The van der Waals surface area contributed by atoms with E-state index in [1.165, 1.54) is 12.2 Å². The first-order valence-corrected chi connectivity index (χ1v) is 8.99. The van der Waals surface area contributed by atoms with Gasteiger partial charge in [0.25, 0.3) is 11.8 Å². The third kappa shape index (κ3) is 6.74. The van der Waals surface area contributed by atoms with Crippen LogP contribution in [0.25, 0.3) is 6.08 Å². The number of carbonyl (C=O) groups excluding carboxylic acids is 3. The molecule has 0 spiro atoms. The maximum absolute atomic E-state index is 12.1. The summed E-state index contributed by atoms with van der Waals surface area (Å²) >= 11 is 0. The highest BCUT2D eigenvalue weighted by molar-refractivity contribution is 6.05. The van der Waals surface area contributed by atoms with Crippen LogP contribution in [0.5, 0.6) is 0 Å². The molecule has 148 valence electrons. The van der Waals surface area contributed by atoms with Gasteiger partial charge in [0.15, 0.2) is 6.61 Å². The highest BCUT2D eigenvalue weighted by Crippen LogP contribution is 2.22. The van der Waals surface area contributed by atoms with E-state index in [-0.39, 0.29) is 5.41 Å². The van der Waals surface area contributed by atoms with Gasteiger partial charge >= 0.3 is 5.97 Å². The number of amides is 2. The van der Waals surface area contributed by atoms with Crippen LogP contribution in [0.1, 0.15) is 47.8 Å². The minimum atomic E-state index is -0.716. The van der Waals surface area contributed by atoms with Gasteiger partial charge in [-0.1, -0.05) is 45.0 Å². The summed E-state index contributed by atoms with van der Waals surface area (Å²) in [6, 6.07) is 15.6. The lowest BCUT2D eigenvalue weighted by atomic mass is 9.87. The quantitative estimate of drug-likeness (QED) is 0.624. The molecular formula is C23H22N2O4. The van der Waals surface area contributed by atoms with Crippen LogP contribution in [-0.4, -0.2) is 24.4 Å². The summed E-state index contributed by atoms with van der Waals surface area (Å²) in [5, 5.41) is 10.9. The number of hydrogen-bond donors (Lipinski definition) is 1. The summed E-state index contributed by atoms with van der Waals surface area (Å²) in [6.45, 7) is 5.63. The van der Waals surface area contributed by atoms with E-state index in [4.69, 9.17) is 10.00 Å². The van der Waals surface area contributed by atoms with Crippen molar-refractivity contribution in [1.82, 2.24) is 5.32 Å². The second-order valence-electron chi connectivity index (χ2n) is 7.38. The molecule has 0 heterocycles. The van der Waals surface area contributed by atoms with Gasteiger partial charge in [-0.2, -0.15) is 5.26 Å². The van der Waals surface area contributed by atoms with E-state index >= 15 is 0 Å². The molecule has 2 amide bonds. The van der Waals surface area contributed by atoms with Crippen molar-refractivity contribution in [2.45, 2.75) is 26.2 Å². The second-order valence-corrected chi connectivity index (χ2v) is 7.38. The van der Waals surface area contributed by atoms with E-state index in [0.717, 1.165) is 5.56 Å². The molecule has 0 aliphatic rings. The zero-order valence-corrected chi connectivity index (χ0v) is 16.6. The van der Waals surface area contributed by atoms with E-state index in [2.05, 4.69) is 26.1 Å². The van der Waals surface area contributed by atoms with Gasteiger partial charge in [-0.15, -0.1) is 0 Å². The van der Waals surface area contributed by atoms with Crippen molar-refractivity contribution in [1.29, 1.82) is 5.26 Å². The van der Waals surface area contributed by atoms with Crippen LogP contribution >= 0.6 is 0 Å². The number of nitrogens with zero attached hydrogens (tertiary/aromatic N) is 1. The molecule has 1 N–H and O–H groups in total. The highest BCUT2D eigenvalue weighted by atomic mass is 16.5. The molecule has 2 rings (SSSR count). The molecule has 0 aliphatic heterocycles. The molecule has 0 aliphatic carbocycles. The van der Waals surface area contributed by atoms with Gasteiger partial charge in [-0.25, -0.2) is 4.79 Å². The molecule has 29 heavy (non-hydrogen) atoms. The smallest absolute Gasteiger partial charge is 0.331 e. The fourth-order valence-electron chi connectivity index (χ4n) is 2.37. The van der Waals surface area contributed by atoms with E-state index in [1.807, 2.05) is 18.2 Å². The molecule has 0 aromatic heterocycles.